The lowest BCUT2D eigenvalue weighted by molar-refractivity contribution is -0.239. The summed E-state index contributed by atoms with van der Waals surface area (Å²) >= 11 is 0. The Kier molecular flexibility index (Phi) is 3.39. The van der Waals surface area contributed by atoms with E-state index in [0.717, 1.165) is 58.0 Å². The summed E-state index contributed by atoms with van der Waals surface area (Å²) in [4.78, 5) is 15.0. The minimum Gasteiger partial charge on any atom is -0.393 e. The first-order valence-corrected chi connectivity index (χ1v) is 10.5. The normalized spacial score (nSPS) is 58.4. The number of hydrogen-bond acceptors (Lipinski definition) is 4. The van der Waals surface area contributed by atoms with Crippen molar-refractivity contribution in [2.24, 2.45) is 28.6 Å². The minimum atomic E-state index is -0.765. The zero-order valence-electron chi connectivity index (χ0n) is 15.7. The van der Waals surface area contributed by atoms with Crippen molar-refractivity contribution in [3.8, 4) is 0 Å². The minimum absolute atomic E-state index is 0.107. The molecule has 4 nitrogen and oxygen atoms in total. The molecule has 5 rings (SSSR count). The molecule has 2 N–H and O–H groups in total. The molecule has 0 aromatic carbocycles. The van der Waals surface area contributed by atoms with Crippen molar-refractivity contribution in [2.75, 3.05) is 13.1 Å². The summed E-state index contributed by atoms with van der Waals surface area (Å²) < 4.78 is 0. The van der Waals surface area contributed by atoms with Gasteiger partial charge in [0.25, 0.3) is 0 Å². The molecule has 1 saturated heterocycles. The number of fused-ring (bicyclic) bond motifs is 5. The molecule has 140 valence electrons. The lowest BCUT2D eigenvalue weighted by Crippen LogP contribution is -2.70. The summed E-state index contributed by atoms with van der Waals surface area (Å²) in [6.07, 6.45) is 6.83. The third kappa shape index (κ3) is 2.02. The highest BCUT2D eigenvalue weighted by atomic mass is 16.3. The van der Waals surface area contributed by atoms with Gasteiger partial charge in [-0.25, -0.2) is 0 Å². The first-order chi connectivity index (χ1) is 11.8. The van der Waals surface area contributed by atoms with Gasteiger partial charge in [-0.1, -0.05) is 13.8 Å². The van der Waals surface area contributed by atoms with Crippen LogP contribution in [0.4, 0.5) is 0 Å². The third-order valence-corrected chi connectivity index (χ3v) is 9.47. The molecule has 4 saturated carbocycles. The first-order valence-electron chi connectivity index (χ1n) is 10.5. The van der Waals surface area contributed by atoms with E-state index in [9.17, 15) is 15.0 Å². The van der Waals surface area contributed by atoms with E-state index in [4.69, 9.17) is 0 Å². The van der Waals surface area contributed by atoms with Crippen LogP contribution in [0.15, 0.2) is 0 Å². The number of nitrogens with zero attached hydrogens (tertiary/aromatic N) is 1. The van der Waals surface area contributed by atoms with Crippen molar-refractivity contribution >= 4 is 5.78 Å². The molecule has 0 spiro atoms. The van der Waals surface area contributed by atoms with Gasteiger partial charge in [0.05, 0.1) is 11.7 Å². The smallest absolute Gasteiger partial charge is 0.139 e. The fourth-order valence-corrected chi connectivity index (χ4v) is 7.85. The average Bonchev–Trinajstić information content (AvgIpc) is 3.34. The van der Waals surface area contributed by atoms with E-state index in [1.807, 2.05) is 0 Å². The van der Waals surface area contributed by atoms with E-state index in [1.54, 1.807) is 0 Å². The van der Waals surface area contributed by atoms with Crippen LogP contribution in [0.5, 0.6) is 0 Å². The molecule has 0 bridgehead atoms. The van der Waals surface area contributed by atoms with Gasteiger partial charge in [-0.3, -0.25) is 9.69 Å². The van der Waals surface area contributed by atoms with Gasteiger partial charge in [0, 0.05) is 42.8 Å². The second-order valence-electron chi connectivity index (χ2n) is 10.3. The average molecular weight is 347 g/mol. The number of aliphatic hydroxyl groups is 2. The van der Waals surface area contributed by atoms with Crippen LogP contribution in [0.1, 0.15) is 65.2 Å². The van der Waals surface area contributed by atoms with Crippen LogP contribution in [0.2, 0.25) is 0 Å². The van der Waals surface area contributed by atoms with E-state index >= 15 is 0 Å². The number of aliphatic hydroxyl groups excluding tert-OH is 1. The van der Waals surface area contributed by atoms with E-state index < -0.39 is 5.60 Å². The summed E-state index contributed by atoms with van der Waals surface area (Å²) in [5.74, 6) is 2.07. The van der Waals surface area contributed by atoms with Crippen LogP contribution in [-0.2, 0) is 4.79 Å². The SMILES string of the molecule is C[C@]12CC[C@H]3[C@@H](C[C@H](N4CC4)[C@]4(O)C[C@@H](O)CC[C@]34C)[C@@H]1CCC2=O. The second-order valence-corrected chi connectivity index (χ2v) is 10.3. The summed E-state index contributed by atoms with van der Waals surface area (Å²) in [5.41, 5.74) is -0.987. The van der Waals surface area contributed by atoms with E-state index in [2.05, 4.69) is 18.7 Å². The van der Waals surface area contributed by atoms with Crippen molar-refractivity contribution in [2.45, 2.75) is 83.0 Å². The molecular weight excluding hydrogens is 314 g/mol. The molecule has 0 amide bonds. The van der Waals surface area contributed by atoms with Gasteiger partial charge in [-0.2, -0.15) is 0 Å². The van der Waals surface area contributed by atoms with Crippen LogP contribution >= 0.6 is 0 Å². The lowest BCUT2D eigenvalue weighted by atomic mass is 9.42. The van der Waals surface area contributed by atoms with E-state index in [-0.39, 0.29) is 23.0 Å². The van der Waals surface area contributed by atoms with Crippen molar-refractivity contribution in [1.29, 1.82) is 0 Å². The Hall–Kier alpha value is -0.450. The first kappa shape index (κ1) is 16.7. The number of rotatable bonds is 1. The van der Waals surface area contributed by atoms with Gasteiger partial charge in [0.1, 0.15) is 5.78 Å². The van der Waals surface area contributed by atoms with Crippen LogP contribution in [0.3, 0.4) is 0 Å². The Bertz CT molecular complexity index is 604. The molecule has 0 aromatic rings. The molecule has 5 aliphatic rings. The highest BCUT2D eigenvalue weighted by Gasteiger charge is 2.68. The Balaban J connectivity index is 1.56. The maximum Gasteiger partial charge on any atom is 0.139 e. The molecule has 25 heavy (non-hydrogen) atoms. The van der Waals surface area contributed by atoms with Crippen molar-refractivity contribution in [3.63, 3.8) is 0 Å². The van der Waals surface area contributed by atoms with Crippen LogP contribution < -0.4 is 0 Å². The van der Waals surface area contributed by atoms with E-state index in [1.165, 1.54) is 0 Å². The highest BCUT2D eigenvalue weighted by Crippen LogP contribution is 2.67. The summed E-state index contributed by atoms with van der Waals surface area (Å²) in [7, 11) is 0. The topological polar surface area (TPSA) is 60.5 Å². The Morgan fingerprint density at radius 3 is 2.56 bits per heavy atom. The lowest BCUT2D eigenvalue weighted by Gasteiger charge is -2.66. The number of carbonyl (C=O) groups is 1. The zero-order valence-corrected chi connectivity index (χ0v) is 15.7. The van der Waals surface area contributed by atoms with Gasteiger partial charge in [0.2, 0.25) is 0 Å². The number of hydrogen-bond donors (Lipinski definition) is 2. The quantitative estimate of drug-likeness (QED) is 0.715. The summed E-state index contributed by atoms with van der Waals surface area (Å²) in [6.45, 7) is 6.70. The zero-order chi connectivity index (χ0) is 17.6. The van der Waals surface area contributed by atoms with Crippen molar-refractivity contribution in [3.05, 3.63) is 0 Å². The van der Waals surface area contributed by atoms with Gasteiger partial charge < -0.3 is 10.2 Å². The molecule has 1 heterocycles. The molecule has 0 aromatic heterocycles. The van der Waals surface area contributed by atoms with Crippen LogP contribution in [0.25, 0.3) is 0 Å². The summed E-state index contributed by atoms with van der Waals surface area (Å²) in [6, 6.07) is 0.173. The molecular formula is C21H33NO3. The number of carbonyl (C=O) groups excluding carboxylic acids is 1. The highest BCUT2D eigenvalue weighted by molar-refractivity contribution is 5.87. The molecule has 8 atom stereocenters. The molecule has 5 fully saturated rings. The molecule has 0 unspecified atom stereocenters. The fraction of sp³-hybridized carbons (Fsp3) is 0.952. The van der Waals surface area contributed by atoms with Crippen molar-refractivity contribution in [1.82, 2.24) is 4.90 Å². The third-order valence-electron chi connectivity index (χ3n) is 9.47. The Labute approximate surface area is 151 Å². The second kappa shape index (κ2) is 5.08. The standard InChI is InChI=1S/C21H33NO3/c1-19-7-6-16-14(15(19)3-4-18(19)24)11-17(22-9-10-22)21(25)12-13(23)5-8-20(16,21)2/h13-17,23,25H,3-12H2,1-2H3/t13-,14-,15-,16-,17-,19-,20+,21+/m0/s1. The largest absolute Gasteiger partial charge is 0.393 e. The molecule has 4 aliphatic carbocycles. The molecule has 4 heteroatoms. The summed E-state index contributed by atoms with van der Waals surface area (Å²) in [5, 5.41) is 22.3. The van der Waals surface area contributed by atoms with E-state index in [0.29, 0.717) is 30.0 Å². The number of Topliss-reactive ketones (excluding diaryl/α,β-unsaturated/α-hetero) is 1. The van der Waals surface area contributed by atoms with Gasteiger partial charge in [-0.15, -0.1) is 0 Å². The van der Waals surface area contributed by atoms with Crippen molar-refractivity contribution < 1.29 is 15.0 Å². The van der Waals surface area contributed by atoms with Gasteiger partial charge >= 0.3 is 0 Å². The molecule has 1 aliphatic heterocycles. The predicted molar refractivity (Wildman–Crippen MR) is 94.9 cm³/mol. The van der Waals surface area contributed by atoms with Gasteiger partial charge in [0.15, 0.2) is 0 Å². The van der Waals surface area contributed by atoms with Crippen LogP contribution in [0, 0.1) is 28.6 Å². The Morgan fingerprint density at radius 2 is 1.84 bits per heavy atom. The predicted octanol–water partition coefficient (Wildman–Crippen LogP) is 2.37. The Morgan fingerprint density at radius 1 is 1.08 bits per heavy atom. The maximum absolute atomic E-state index is 12.6. The maximum atomic E-state index is 12.6. The number of ketones is 1. The molecule has 0 radical (unpaired) electrons. The fourth-order valence-electron chi connectivity index (χ4n) is 7.85. The monoisotopic (exact) mass is 347 g/mol. The van der Waals surface area contributed by atoms with Crippen LogP contribution in [-0.4, -0.2) is 51.7 Å². The van der Waals surface area contributed by atoms with Gasteiger partial charge in [-0.05, 0) is 56.3 Å².